The average molecular weight is 247 g/mol. The third kappa shape index (κ3) is 3.27. The zero-order valence-corrected chi connectivity index (χ0v) is 11.0. The van der Waals surface area contributed by atoms with Gasteiger partial charge in [0.25, 0.3) is 0 Å². The smallest absolute Gasteiger partial charge is 0.0939 e. The summed E-state index contributed by atoms with van der Waals surface area (Å²) >= 11 is 1.84. The normalized spacial score (nSPS) is 10.7. The van der Waals surface area contributed by atoms with Gasteiger partial charge in [-0.1, -0.05) is 12.1 Å². The number of thioether (sulfide) groups is 1. The molecule has 0 radical (unpaired) electrons. The molecule has 90 valence electrons. The van der Waals surface area contributed by atoms with Gasteiger partial charge in [-0.05, 0) is 37.1 Å². The molecule has 0 aliphatic carbocycles. The molecule has 1 aromatic heterocycles. The molecule has 0 unspecified atom stereocenters. The molecule has 4 heteroatoms. The Labute approximate surface area is 106 Å². The SMILES string of the molecule is Cc1cc(SCCc2ccc(N)cc2)n(C)n1. The van der Waals surface area contributed by atoms with E-state index in [1.807, 2.05) is 42.5 Å². The zero-order valence-electron chi connectivity index (χ0n) is 10.2. The van der Waals surface area contributed by atoms with Crippen LogP contribution >= 0.6 is 11.8 Å². The molecule has 2 N–H and O–H groups in total. The lowest BCUT2D eigenvalue weighted by molar-refractivity contribution is 0.692. The van der Waals surface area contributed by atoms with E-state index in [9.17, 15) is 0 Å². The first-order valence-corrected chi connectivity index (χ1v) is 6.61. The maximum atomic E-state index is 5.65. The van der Waals surface area contributed by atoms with Crippen LogP contribution in [-0.2, 0) is 13.5 Å². The molecule has 0 aliphatic rings. The van der Waals surface area contributed by atoms with E-state index in [1.54, 1.807) is 0 Å². The highest BCUT2D eigenvalue weighted by molar-refractivity contribution is 7.99. The number of rotatable bonds is 4. The molecule has 0 amide bonds. The molecule has 0 bridgehead atoms. The summed E-state index contributed by atoms with van der Waals surface area (Å²) in [5.74, 6) is 1.06. The standard InChI is InChI=1S/C13H17N3S/c1-10-9-13(16(2)15-10)17-8-7-11-3-5-12(14)6-4-11/h3-6,9H,7-8,14H2,1-2H3. The number of nitrogen functional groups attached to an aromatic ring is 1. The fourth-order valence-corrected chi connectivity index (χ4v) is 2.71. The van der Waals surface area contributed by atoms with E-state index in [2.05, 4.69) is 23.3 Å². The maximum absolute atomic E-state index is 5.65. The lowest BCUT2D eigenvalue weighted by atomic mass is 10.2. The van der Waals surface area contributed by atoms with Gasteiger partial charge in [-0.2, -0.15) is 5.10 Å². The van der Waals surface area contributed by atoms with Crippen molar-refractivity contribution in [1.29, 1.82) is 0 Å². The fourth-order valence-electron chi connectivity index (χ4n) is 1.68. The molecule has 17 heavy (non-hydrogen) atoms. The Kier molecular flexibility index (Phi) is 3.74. The van der Waals surface area contributed by atoms with Crippen molar-refractivity contribution in [2.45, 2.75) is 18.4 Å². The quantitative estimate of drug-likeness (QED) is 0.667. The Bertz CT molecular complexity index is 488. The molecule has 1 heterocycles. The minimum Gasteiger partial charge on any atom is -0.399 e. The molecule has 0 saturated heterocycles. The topological polar surface area (TPSA) is 43.8 Å². The molecule has 0 spiro atoms. The summed E-state index contributed by atoms with van der Waals surface area (Å²) in [7, 11) is 1.98. The maximum Gasteiger partial charge on any atom is 0.0939 e. The lowest BCUT2D eigenvalue weighted by Gasteiger charge is -2.02. The Balaban J connectivity index is 1.87. The molecule has 2 rings (SSSR count). The van der Waals surface area contributed by atoms with Crippen LogP contribution in [0.3, 0.4) is 0 Å². The van der Waals surface area contributed by atoms with Crippen LogP contribution in [0.5, 0.6) is 0 Å². The van der Waals surface area contributed by atoms with Crippen molar-refractivity contribution in [2.24, 2.45) is 7.05 Å². The van der Waals surface area contributed by atoms with Gasteiger partial charge in [0.05, 0.1) is 10.7 Å². The van der Waals surface area contributed by atoms with Crippen LogP contribution in [0.2, 0.25) is 0 Å². The predicted octanol–water partition coefficient (Wildman–Crippen LogP) is 2.65. The summed E-state index contributed by atoms with van der Waals surface area (Å²) in [5, 5.41) is 5.55. The first-order valence-electron chi connectivity index (χ1n) is 5.63. The highest BCUT2D eigenvalue weighted by Gasteiger charge is 2.02. The number of nitrogens with two attached hydrogens (primary N) is 1. The largest absolute Gasteiger partial charge is 0.399 e. The van der Waals surface area contributed by atoms with Crippen LogP contribution < -0.4 is 5.73 Å². The molecule has 0 aliphatic heterocycles. The van der Waals surface area contributed by atoms with E-state index in [1.165, 1.54) is 10.6 Å². The second-order valence-corrected chi connectivity index (χ2v) is 5.20. The third-order valence-corrected chi connectivity index (χ3v) is 3.67. The first-order chi connectivity index (χ1) is 8.15. The van der Waals surface area contributed by atoms with E-state index in [-0.39, 0.29) is 0 Å². The molecule has 2 aromatic rings. The van der Waals surface area contributed by atoms with E-state index >= 15 is 0 Å². The van der Waals surface area contributed by atoms with E-state index in [0.717, 1.165) is 23.6 Å². The molecular formula is C13H17N3S. The molecule has 3 nitrogen and oxygen atoms in total. The average Bonchev–Trinajstić information content (AvgIpc) is 2.60. The molecule has 1 aromatic carbocycles. The van der Waals surface area contributed by atoms with Crippen molar-refractivity contribution in [3.05, 3.63) is 41.6 Å². The van der Waals surface area contributed by atoms with Crippen molar-refractivity contribution >= 4 is 17.4 Å². The van der Waals surface area contributed by atoms with Gasteiger partial charge in [-0.25, -0.2) is 0 Å². The lowest BCUT2D eigenvalue weighted by Crippen LogP contribution is -1.95. The van der Waals surface area contributed by atoms with Crippen molar-refractivity contribution in [1.82, 2.24) is 9.78 Å². The van der Waals surface area contributed by atoms with Crippen LogP contribution in [0.4, 0.5) is 5.69 Å². The molecule has 0 fully saturated rings. The first kappa shape index (κ1) is 12.0. The van der Waals surface area contributed by atoms with Gasteiger partial charge in [0.1, 0.15) is 0 Å². The summed E-state index contributed by atoms with van der Waals surface area (Å²) in [4.78, 5) is 0. The number of hydrogen-bond donors (Lipinski definition) is 1. The van der Waals surface area contributed by atoms with Gasteiger partial charge in [0.2, 0.25) is 0 Å². The van der Waals surface area contributed by atoms with Gasteiger partial charge in [0.15, 0.2) is 0 Å². The van der Waals surface area contributed by atoms with Gasteiger partial charge in [0, 0.05) is 18.5 Å². The van der Waals surface area contributed by atoms with Crippen LogP contribution in [0.25, 0.3) is 0 Å². The highest BCUT2D eigenvalue weighted by Crippen LogP contribution is 2.19. The Morgan fingerprint density at radius 3 is 2.59 bits per heavy atom. The summed E-state index contributed by atoms with van der Waals surface area (Å²) in [5.41, 5.74) is 8.87. The summed E-state index contributed by atoms with van der Waals surface area (Å²) < 4.78 is 1.93. The number of hydrogen-bond acceptors (Lipinski definition) is 3. The Morgan fingerprint density at radius 2 is 2.00 bits per heavy atom. The van der Waals surface area contributed by atoms with Crippen LogP contribution in [-0.4, -0.2) is 15.5 Å². The van der Waals surface area contributed by atoms with Crippen molar-refractivity contribution < 1.29 is 0 Å². The fraction of sp³-hybridized carbons (Fsp3) is 0.308. The van der Waals surface area contributed by atoms with Crippen molar-refractivity contribution in [3.8, 4) is 0 Å². The van der Waals surface area contributed by atoms with Crippen LogP contribution in [0.15, 0.2) is 35.4 Å². The molecular weight excluding hydrogens is 230 g/mol. The molecule has 0 atom stereocenters. The zero-order chi connectivity index (χ0) is 12.3. The number of aryl methyl sites for hydroxylation is 3. The van der Waals surface area contributed by atoms with Gasteiger partial charge in [-0.3, -0.25) is 4.68 Å². The summed E-state index contributed by atoms with van der Waals surface area (Å²) in [6, 6.07) is 10.2. The monoisotopic (exact) mass is 247 g/mol. The number of aromatic nitrogens is 2. The van der Waals surface area contributed by atoms with Gasteiger partial charge in [-0.15, -0.1) is 11.8 Å². The predicted molar refractivity (Wildman–Crippen MR) is 73.2 cm³/mol. The number of nitrogens with zero attached hydrogens (tertiary/aromatic N) is 2. The van der Waals surface area contributed by atoms with Crippen molar-refractivity contribution in [3.63, 3.8) is 0 Å². The van der Waals surface area contributed by atoms with E-state index < -0.39 is 0 Å². The van der Waals surface area contributed by atoms with Crippen LogP contribution in [0.1, 0.15) is 11.3 Å². The Hall–Kier alpha value is -1.42. The number of anilines is 1. The third-order valence-electron chi connectivity index (χ3n) is 2.58. The minimum atomic E-state index is 0.823. The molecule has 0 saturated carbocycles. The Morgan fingerprint density at radius 1 is 1.29 bits per heavy atom. The van der Waals surface area contributed by atoms with Gasteiger partial charge < -0.3 is 5.73 Å². The summed E-state index contributed by atoms with van der Waals surface area (Å²) in [6.45, 7) is 2.02. The number of benzene rings is 1. The minimum absolute atomic E-state index is 0.823. The van der Waals surface area contributed by atoms with E-state index in [0.29, 0.717) is 0 Å². The van der Waals surface area contributed by atoms with E-state index in [4.69, 9.17) is 5.73 Å². The van der Waals surface area contributed by atoms with Crippen LogP contribution in [0, 0.1) is 6.92 Å². The summed E-state index contributed by atoms with van der Waals surface area (Å²) in [6.07, 6.45) is 1.05. The highest BCUT2D eigenvalue weighted by atomic mass is 32.2. The van der Waals surface area contributed by atoms with Crippen molar-refractivity contribution in [2.75, 3.05) is 11.5 Å². The second kappa shape index (κ2) is 5.27. The second-order valence-electron chi connectivity index (χ2n) is 4.09. The van der Waals surface area contributed by atoms with Gasteiger partial charge >= 0.3 is 0 Å².